The Kier molecular flexibility index (Phi) is 3.15. The van der Waals surface area contributed by atoms with Gasteiger partial charge in [-0.3, -0.25) is 15.1 Å². The highest BCUT2D eigenvalue weighted by Crippen LogP contribution is 2.35. The standard InChI is InChI=1S/C14H10N2O5/c17-12-3-1-9(5-11(12)16(18)19)7-15-10-2-4-13-14(6-10)21-8-20-13/h1-7,17H,8H2. The highest BCUT2D eigenvalue weighted by atomic mass is 16.7. The van der Waals surface area contributed by atoms with Gasteiger partial charge in [-0.15, -0.1) is 0 Å². The molecule has 2 aromatic carbocycles. The smallest absolute Gasteiger partial charge is 0.311 e. The van der Waals surface area contributed by atoms with Crippen molar-refractivity contribution < 1.29 is 19.5 Å². The number of fused-ring (bicyclic) bond motifs is 1. The lowest BCUT2D eigenvalue weighted by atomic mass is 10.2. The summed E-state index contributed by atoms with van der Waals surface area (Å²) in [5, 5.41) is 20.1. The predicted molar refractivity (Wildman–Crippen MR) is 74.6 cm³/mol. The molecule has 0 radical (unpaired) electrons. The summed E-state index contributed by atoms with van der Waals surface area (Å²) in [6.45, 7) is 0.187. The van der Waals surface area contributed by atoms with Crippen molar-refractivity contribution in [2.45, 2.75) is 0 Å². The summed E-state index contributed by atoms with van der Waals surface area (Å²) in [4.78, 5) is 14.3. The Morgan fingerprint density at radius 2 is 2.00 bits per heavy atom. The molecule has 106 valence electrons. The summed E-state index contributed by atoms with van der Waals surface area (Å²) in [5.41, 5.74) is 0.789. The van der Waals surface area contributed by atoms with Crippen LogP contribution in [0.3, 0.4) is 0 Å². The van der Waals surface area contributed by atoms with E-state index in [9.17, 15) is 15.2 Å². The van der Waals surface area contributed by atoms with E-state index in [4.69, 9.17) is 9.47 Å². The third-order valence-electron chi connectivity index (χ3n) is 2.92. The van der Waals surface area contributed by atoms with Crippen LogP contribution in [0.2, 0.25) is 0 Å². The second-order valence-corrected chi connectivity index (χ2v) is 4.30. The van der Waals surface area contributed by atoms with E-state index >= 15 is 0 Å². The first-order valence-corrected chi connectivity index (χ1v) is 6.04. The zero-order chi connectivity index (χ0) is 14.8. The van der Waals surface area contributed by atoms with E-state index in [1.165, 1.54) is 18.3 Å². The number of ether oxygens (including phenoxy) is 2. The number of hydrogen-bond donors (Lipinski definition) is 1. The molecule has 0 saturated heterocycles. The zero-order valence-corrected chi connectivity index (χ0v) is 10.7. The molecule has 0 bridgehead atoms. The largest absolute Gasteiger partial charge is 0.502 e. The molecule has 1 aliphatic heterocycles. The van der Waals surface area contributed by atoms with Crippen LogP contribution in [0.25, 0.3) is 0 Å². The molecule has 0 atom stereocenters. The third-order valence-corrected chi connectivity index (χ3v) is 2.92. The highest BCUT2D eigenvalue weighted by Gasteiger charge is 2.14. The monoisotopic (exact) mass is 286 g/mol. The van der Waals surface area contributed by atoms with Gasteiger partial charge < -0.3 is 14.6 Å². The Morgan fingerprint density at radius 3 is 2.81 bits per heavy atom. The van der Waals surface area contributed by atoms with Gasteiger partial charge in [-0.1, -0.05) is 0 Å². The average Bonchev–Trinajstić information content (AvgIpc) is 2.93. The van der Waals surface area contributed by atoms with Gasteiger partial charge in [0.15, 0.2) is 17.2 Å². The maximum atomic E-state index is 10.7. The van der Waals surface area contributed by atoms with Gasteiger partial charge in [-0.2, -0.15) is 0 Å². The quantitative estimate of drug-likeness (QED) is 0.532. The number of hydrogen-bond acceptors (Lipinski definition) is 6. The fraction of sp³-hybridized carbons (Fsp3) is 0.0714. The van der Waals surface area contributed by atoms with E-state index in [0.717, 1.165) is 0 Å². The molecule has 0 aromatic heterocycles. The Balaban J connectivity index is 1.86. The lowest BCUT2D eigenvalue weighted by molar-refractivity contribution is -0.385. The van der Waals surface area contributed by atoms with Crippen molar-refractivity contribution >= 4 is 17.6 Å². The van der Waals surface area contributed by atoms with Crippen LogP contribution >= 0.6 is 0 Å². The van der Waals surface area contributed by atoms with E-state index in [1.807, 2.05) is 0 Å². The van der Waals surface area contributed by atoms with Crippen LogP contribution in [0.15, 0.2) is 41.4 Å². The first-order chi connectivity index (χ1) is 10.1. The van der Waals surface area contributed by atoms with Crippen molar-refractivity contribution in [3.63, 3.8) is 0 Å². The van der Waals surface area contributed by atoms with Crippen molar-refractivity contribution in [3.8, 4) is 17.2 Å². The lowest BCUT2D eigenvalue weighted by Gasteiger charge is -1.99. The fourth-order valence-corrected chi connectivity index (χ4v) is 1.88. The number of aliphatic imine (C=N–C) groups is 1. The van der Waals surface area contributed by atoms with Gasteiger partial charge in [0, 0.05) is 18.3 Å². The molecule has 21 heavy (non-hydrogen) atoms. The Labute approximate surface area is 119 Å². The van der Waals surface area contributed by atoms with Gasteiger partial charge >= 0.3 is 5.69 Å². The Hall–Kier alpha value is -3.09. The number of phenolic OH excluding ortho intramolecular Hbond substituents is 1. The minimum absolute atomic E-state index is 0.187. The van der Waals surface area contributed by atoms with Gasteiger partial charge in [-0.25, -0.2) is 0 Å². The molecule has 3 rings (SSSR count). The lowest BCUT2D eigenvalue weighted by Crippen LogP contribution is -1.92. The molecule has 7 nitrogen and oxygen atoms in total. The molecule has 0 amide bonds. The van der Waals surface area contributed by atoms with Crippen LogP contribution in [-0.2, 0) is 0 Å². The number of phenols is 1. The SMILES string of the molecule is O=[N+]([O-])c1cc(C=Nc2ccc3c(c2)OCO3)ccc1O. The number of nitrogens with zero attached hydrogens (tertiary/aromatic N) is 2. The minimum atomic E-state index is -0.646. The van der Waals surface area contributed by atoms with Crippen LogP contribution in [-0.4, -0.2) is 23.0 Å². The summed E-state index contributed by atoms with van der Waals surface area (Å²) in [6, 6.07) is 9.27. The molecule has 0 saturated carbocycles. The molecule has 0 unspecified atom stereocenters. The maximum Gasteiger partial charge on any atom is 0.311 e. The van der Waals surface area contributed by atoms with Crippen LogP contribution in [0.4, 0.5) is 11.4 Å². The molecule has 0 fully saturated rings. The first kappa shape index (κ1) is 12.9. The second kappa shape index (κ2) is 5.12. The van der Waals surface area contributed by atoms with E-state index in [1.54, 1.807) is 24.3 Å². The number of rotatable bonds is 3. The number of aromatic hydroxyl groups is 1. The third kappa shape index (κ3) is 2.62. The van der Waals surface area contributed by atoms with Gasteiger partial charge in [0.1, 0.15) is 0 Å². The average molecular weight is 286 g/mol. The van der Waals surface area contributed by atoms with Crippen molar-refractivity contribution in [2.75, 3.05) is 6.79 Å². The maximum absolute atomic E-state index is 10.7. The summed E-state index contributed by atoms with van der Waals surface area (Å²) in [5.74, 6) is 0.899. The van der Waals surface area contributed by atoms with Crippen LogP contribution in [0, 0.1) is 10.1 Å². The topological polar surface area (TPSA) is 94.2 Å². The van der Waals surface area contributed by atoms with Crippen molar-refractivity contribution in [1.29, 1.82) is 0 Å². The van der Waals surface area contributed by atoms with Crippen LogP contribution in [0.5, 0.6) is 17.2 Å². The molecule has 1 N–H and O–H groups in total. The van der Waals surface area contributed by atoms with E-state index in [-0.39, 0.29) is 18.2 Å². The molecule has 2 aromatic rings. The number of nitro benzene ring substituents is 1. The van der Waals surface area contributed by atoms with Gasteiger partial charge in [-0.05, 0) is 29.8 Å². The normalized spacial score (nSPS) is 12.8. The molecule has 0 spiro atoms. The van der Waals surface area contributed by atoms with Gasteiger partial charge in [0.25, 0.3) is 0 Å². The molecule has 0 aliphatic carbocycles. The fourth-order valence-electron chi connectivity index (χ4n) is 1.88. The summed E-state index contributed by atoms with van der Waals surface area (Å²) in [6.07, 6.45) is 1.48. The molecular formula is C14H10N2O5. The van der Waals surface area contributed by atoms with Crippen LogP contribution in [0.1, 0.15) is 5.56 Å². The minimum Gasteiger partial charge on any atom is -0.502 e. The molecule has 7 heteroatoms. The predicted octanol–water partition coefficient (Wildman–Crippen LogP) is 2.78. The van der Waals surface area contributed by atoms with Crippen molar-refractivity contribution in [1.82, 2.24) is 0 Å². The van der Waals surface area contributed by atoms with E-state index < -0.39 is 4.92 Å². The van der Waals surface area contributed by atoms with Crippen LogP contribution < -0.4 is 9.47 Å². The summed E-state index contributed by atoms with van der Waals surface area (Å²) >= 11 is 0. The number of nitro groups is 1. The van der Waals surface area contributed by atoms with Gasteiger partial charge in [0.2, 0.25) is 6.79 Å². The van der Waals surface area contributed by atoms with Gasteiger partial charge in [0.05, 0.1) is 10.6 Å². The highest BCUT2D eigenvalue weighted by molar-refractivity contribution is 5.83. The second-order valence-electron chi connectivity index (χ2n) is 4.30. The van der Waals surface area contributed by atoms with Crippen molar-refractivity contribution in [3.05, 3.63) is 52.1 Å². The van der Waals surface area contributed by atoms with E-state index in [0.29, 0.717) is 22.7 Å². The summed E-state index contributed by atoms with van der Waals surface area (Å²) < 4.78 is 10.4. The van der Waals surface area contributed by atoms with Crippen molar-refractivity contribution in [2.24, 2.45) is 4.99 Å². The Morgan fingerprint density at radius 1 is 1.19 bits per heavy atom. The Bertz CT molecular complexity index is 742. The first-order valence-electron chi connectivity index (χ1n) is 6.04. The summed E-state index contributed by atoms with van der Waals surface area (Å²) in [7, 11) is 0. The molecule has 1 aliphatic rings. The zero-order valence-electron chi connectivity index (χ0n) is 10.7. The number of benzene rings is 2. The molecular weight excluding hydrogens is 276 g/mol. The van der Waals surface area contributed by atoms with E-state index in [2.05, 4.69) is 4.99 Å². The molecule has 1 heterocycles.